The lowest BCUT2D eigenvalue weighted by Gasteiger charge is -2.30. The van der Waals surface area contributed by atoms with Crippen LogP contribution >= 0.6 is 0 Å². The third-order valence-corrected chi connectivity index (χ3v) is 3.63. The molecule has 1 amide bonds. The number of likely N-dealkylation sites (tertiary alicyclic amines) is 1. The van der Waals surface area contributed by atoms with Gasteiger partial charge in [0.1, 0.15) is 0 Å². The Labute approximate surface area is 106 Å². The topological polar surface area (TPSA) is 92.6 Å². The van der Waals surface area contributed by atoms with Gasteiger partial charge in [-0.2, -0.15) is 0 Å². The fourth-order valence-electron chi connectivity index (χ4n) is 2.46. The highest BCUT2D eigenvalue weighted by molar-refractivity contribution is 5.65. The first-order chi connectivity index (χ1) is 8.61. The van der Waals surface area contributed by atoms with Gasteiger partial charge in [0.2, 0.25) is 0 Å². The van der Waals surface area contributed by atoms with Crippen molar-refractivity contribution in [2.45, 2.75) is 25.3 Å². The molecule has 1 aromatic rings. The van der Waals surface area contributed by atoms with E-state index in [1.165, 1.54) is 10.5 Å². The van der Waals surface area contributed by atoms with Crippen molar-refractivity contribution < 1.29 is 9.90 Å². The molecule has 1 fully saturated rings. The third kappa shape index (κ3) is 2.56. The van der Waals surface area contributed by atoms with E-state index < -0.39 is 6.09 Å². The lowest BCUT2D eigenvalue weighted by Crippen LogP contribution is -2.36. The number of nitrogens with zero attached hydrogens (tertiary/aromatic N) is 1. The molecule has 18 heavy (non-hydrogen) atoms. The molecule has 0 aliphatic carbocycles. The largest absolute Gasteiger partial charge is 0.465 e. The van der Waals surface area contributed by atoms with E-state index in [1.807, 2.05) is 12.1 Å². The molecule has 1 aliphatic heterocycles. The molecule has 1 aromatic carbocycles. The summed E-state index contributed by atoms with van der Waals surface area (Å²) >= 11 is 0. The molecule has 2 rings (SSSR count). The number of nitrogen functional groups attached to an aromatic ring is 1. The summed E-state index contributed by atoms with van der Waals surface area (Å²) < 4.78 is 0. The van der Waals surface area contributed by atoms with E-state index in [1.54, 1.807) is 0 Å². The molecule has 0 atom stereocenters. The normalized spacial score (nSPS) is 16.8. The number of carboxylic acid groups (broad SMARTS) is 1. The monoisotopic (exact) mass is 249 g/mol. The lowest BCUT2D eigenvalue weighted by molar-refractivity contribution is 0.132. The van der Waals surface area contributed by atoms with Crippen LogP contribution in [0.4, 0.5) is 10.5 Å². The molecule has 5 N–H and O–H groups in total. The Hall–Kier alpha value is -1.75. The zero-order valence-electron chi connectivity index (χ0n) is 10.3. The number of amides is 1. The Bertz CT molecular complexity index is 440. The number of rotatable bonds is 2. The van der Waals surface area contributed by atoms with E-state index in [9.17, 15) is 4.79 Å². The molecule has 0 spiro atoms. The Kier molecular flexibility index (Phi) is 3.72. The molecule has 0 radical (unpaired) electrons. The average molecular weight is 249 g/mol. The fraction of sp³-hybridized carbons (Fsp3) is 0.462. The maximum Gasteiger partial charge on any atom is 0.407 e. The van der Waals surface area contributed by atoms with Gasteiger partial charge in [0.15, 0.2) is 0 Å². The number of piperidine rings is 1. The van der Waals surface area contributed by atoms with Gasteiger partial charge in [0.05, 0.1) is 0 Å². The summed E-state index contributed by atoms with van der Waals surface area (Å²) in [5, 5.41) is 8.90. The molecule has 0 saturated carbocycles. The van der Waals surface area contributed by atoms with Gasteiger partial charge in [-0.15, -0.1) is 0 Å². The molecule has 1 saturated heterocycles. The van der Waals surface area contributed by atoms with E-state index in [2.05, 4.69) is 6.07 Å². The van der Waals surface area contributed by atoms with E-state index in [4.69, 9.17) is 16.6 Å². The van der Waals surface area contributed by atoms with Crippen molar-refractivity contribution in [2.24, 2.45) is 5.73 Å². The van der Waals surface area contributed by atoms with E-state index in [0.29, 0.717) is 25.6 Å². The van der Waals surface area contributed by atoms with Gasteiger partial charge in [-0.1, -0.05) is 12.1 Å². The van der Waals surface area contributed by atoms with E-state index >= 15 is 0 Å². The van der Waals surface area contributed by atoms with Gasteiger partial charge < -0.3 is 21.5 Å². The zero-order chi connectivity index (χ0) is 13.1. The highest BCUT2D eigenvalue weighted by Crippen LogP contribution is 2.30. The third-order valence-electron chi connectivity index (χ3n) is 3.63. The minimum Gasteiger partial charge on any atom is -0.465 e. The van der Waals surface area contributed by atoms with Crippen LogP contribution < -0.4 is 11.5 Å². The van der Waals surface area contributed by atoms with Crippen molar-refractivity contribution in [3.8, 4) is 0 Å². The first kappa shape index (κ1) is 12.7. The predicted octanol–water partition coefficient (Wildman–Crippen LogP) is 1.58. The Morgan fingerprint density at radius 3 is 2.56 bits per heavy atom. The van der Waals surface area contributed by atoms with Gasteiger partial charge >= 0.3 is 6.09 Å². The summed E-state index contributed by atoms with van der Waals surface area (Å²) in [5.41, 5.74) is 14.4. The Balaban J connectivity index is 2.05. The fourth-order valence-corrected chi connectivity index (χ4v) is 2.46. The van der Waals surface area contributed by atoms with Crippen molar-refractivity contribution in [1.29, 1.82) is 0 Å². The van der Waals surface area contributed by atoms with Gasteiger partial charge in [-0.05, 0) is 36.0 Å². The first-order valence-corrected chi connectivity index (χ1v) is 6.18. The Morgan fingerprint density at radius 1 is 1.39 bits per heavy atom. The molecule has 0 aromatic heterocycles. The van der Waals surface area contributed by atoms with Crippen LogP contribution in [0.15, 0.2) is 18.2 Å². The van der Waals surface area contributed by atoms with Crippen LogP contribution in [0.5, 0.6) is 0 Å². The number of anilines is 1. The van der Waals surface area contributed by atoms with Crippen molar-refractivity contribution >= 4 is 11.8 Å². The maximum absolute atomic E-state index is 10.8. The minimum absolute atomic E-state index is 0.398. The molecular weight excluding hydrogens is 230 g/mol. The smallest absolute Gasteiger partial charge is 0.407 e. The van der Waals surface area contributed by atoms with Crippen molar-refractivity contribution in [2.75, 3.05) is 18.8 Å². The molecule has 0 bridgehead atoms. The van der Waals surface area contributed by atoms with Gasteiger partial charge in [-0.3, -0.25) is 0 Å². The summed E-state index contributed by atoms with van der Waals surface area (Å²) in [6, 6.07) is 6.00. The summed E-state index contributed by atoms with van der Waals surface area (Å²) in [5.74, 6) is 0.398. The molecular formula is C13H19N3O2. The van der Waals surface area contributed by atoms with Crippen LogP contribution in [-0.4, -0.2) is 29.2 Å². The number of carbonyl (C=O) groups is 1. The van der Waals surface area contributed by atoms with E-state index in [-0.39, 0.29) is 0 Å². The summed E-state index contributed by atoms with van der Waals surface area (Å²) in [7, 11) is 0. The van der Waals surface area contributed by atoms with Gasteiger partial charge in [-0.25, -0.2) is 4.79 Å². The van der Waals surface area contributed by atoms with Crippen LogP contribution in [-0.2, 0) is 6.54 Å². The summed E-state index contributed by atoms with van der Waals surface area (Å²) in [4.78, 5) is 12.3. The number of hydrogen-bond acceptors (Lipinski definition) is 3. The standard InChI is InChI=1S/C13H19N3O2/c14-8-11-2-1-10(7-12(11)15)9-3-5-16(6-4-9)13(17)18/h1-2,7,9H,3-6,8,14-15H2,(H,17,18). The van der Waals surface area contributed by atoms with Gasteiger partial charge in [0.25, 0.3) is 0 Å². The minimum atomic E-state index is -0.827. The van der Waals surface area contributed by atoms with E-state index in [0.717, 1.165) is 24.1 Å². The predicted molar refractivity (Wildman–Crippen MR) is 70.3 cm³/mol. The molecule has 0 unspecified atom stereocenters. The molecule has 1 aliphatic rings. The second-order valence-corrected chi connectivity index (χ2v) is 4.71. The summed E-state index contributed by atoms with van der Waals surface area (Å²) in [6.45, 7) is 1.64. The number of nitrogens with two attached hydrogens (primary N) is 2. The first-order valence-electron chi connectivity index (χ1n) is 6.18. The molecule has 1 heterocycles. The SMILES string of the molecule is NCc1ccc(C2CCN(C(=O)O)CC2)cc1N. The average Bonchev–Trinajstić information content (AvgIpc) is 2.38. The maximum atomic E-state index is 10.8. The Morgan fingerprint density at radius 2 is 2.06 bits per heavy atom. The van der Waals surface area contributed by atoms with Crippen molar-refractivity contribution in [1.82, 2.24) is 4.90 Å². The van der Waals surface area contributed by atoms with Crippen molar-refractivity contribution in [3.63, 3.8) is 0 Å². The van der Waals surface area contributed by atoms with Crippen LogP contribution in [0.3, 0.4) is 0 Å². The second-order valence-electron chi connectivity index (χ2n) is 4.71. The lowest BCUT2D eigenvalue weighted by atomic mass is 9.88. The zero-order valence-corrected chi connectivity index (χ0v) is 10.3. The highest BCUT2D eigenvalue weighted by Gasteiger charge is 2.23. The van der Waals surface area contributed by atoms with Crippen LogP contribution in [0.25, 0.3) is 0 Å². The molecule has 5 nitrogen and oxygen atoms in total. The van der Waals surface area contributed by atoms with Gasteiger partial charge in [0, 0.05) is 25.3 Å². The van der Waals surface area contributed by atoms with Crippen LogP contribution in [0.1, 0.15) is 29.9 Å². The van der Waals surface area contributed by atoms with Crippen LogP contribution in [0.2, 0.25) is 0 Å². The number of hydrogen-bond donors (Lipinski definition) is 3. The second kappa shape index (κ2) is 5.27. The molecule has 98 valence electrons. The highest BCUT2D eigenvalue weighted by atomic mass is 16.4. The number of benzene rings is 1. The molecule has 5 heteroatoms. The van der Waals surface area contributed by atoms with Crippen LogP contribution in [0, 0.1) is 0 Å². The quantitative estimate of drug-likeness (QED) is 0.694. The van der Waals surface area contributed by atoms with Crippen molar-refractivity contribution in [3.05, 3.63) is 29.3 Å². The summed E-state index contributed by atoms with van der Waals surface area (Å²) in [6.07, 6.45) is 0.882.